The second-order valence-corrected chi connectivity index (χ2v) is 8.55. The smallest absolute Gasteiger partial charge is 0.248 e. The first-order chi connectivity index (χ1) is 11.7. The first-order valence-corrected chi connectivity index (χ1v) is 10.3. The van der Waals surface area contributed by atoms with Crippen molar-refractivity contribution in [3.63, 3.8) is 0 Å². The second-order valence-electron chi connectivity index (χ2n) is 8.55. The van der Waals surface area contributed by atoms with Crippen molar-refractivity contribution in [1.29, 1.82) is 0 Å². The zero-order valence-corrected chi connectivity index (χ0v) is 17.1. The van der Waals surface area contributed by atoms with E-state index >= 15 is 0 Å². The van der Waals surface area contributed by atoms with Gasteiger partial charge in [0.1, 0.15) is 0 Å². The Kier molecular flexibility index (Phi) is 9.87. The van der Waals surface area contributed by atoms with Gasteiger partial charge in [0.15, 0.2) is 0 Å². The van der Waals surface area contributed by atoms with Crippen LogP contribution in [0.4, 0.5) is 8.78 Å². The van der Waals surface area contributed by atoms with Crippen LogP contribution in [0.3, 0.4) is 0 Å². The molecule has 1 rings (SSSR count). The number of halogens is 2. The minimum atomic E-state index is -2.60. The van der Waals surface area contributed by atoms with E-state index in [4.69, 9.17) is 9.47 Å². The highest BCUT2D eigenvalue weighted by Crippen LogP contribution is 2.46. The number of hydrogen-bond acceptors (Lipinski definition) is 2. The lowest BCUT2D eigenvalue weighted by molar-refractivity contribution is -0.0939. The van der Waals surface area contributed by atoms with Gasteiger partial charge in [-0.05, 0) is 50.9 Å². The molecule has 0 saturated heterocycles. The minimum Gasteiger partial charge on any atom is -0.381 e. The van der Waals surface area contributed by atoms with Crippen molar-refractivity contribution < 1.29 is 18.3 Å². The summed E-state index contributed by atoms with van der Waals surface area (Å²) < 4.78 is 40.4. The highest BCUT2D eigenvalue weighted by Gasteiger charge is 2.43. The first kappa shape index (κ1) is 22.8. The van der Waals surface area contributed by atoms with Gasteiger partial charge in [0.2, 0.25) is 5.92 Å². The first-order valence-electron chi connectivity index (χ1n) is 10.3. The third-order valence-electron chi connectivity index (χ3n) is 5.76. The van der Waals surface area contributed by atoms with Crippen molar-refractivity contribution in [3.05, 3.63) is 0 Å². The SMILES string of the molecule is CCOCC(CCC(F)(F)CC(C)C)(COCC)C1CCC(C)CC1. The number of ether oxygens (including phenoxy) is 2. The van der Waals surface area contributed by atoms with Crippen LogP contribution in [-0.2, 0) is 9.47 Å². The largest absolute Gasteiger partial charge is 0.381 e. The summed E-state index contributed by atoms with van der Waals surface area (Å²) in [5.41, 5.74) is -0.271. The fraction of sp³-hybridized carbons (Fsp3) is 1.00. The molecular formula is C21H40F2O2. The van der Waals surface area contributed by atoms with Crippen LogP contribution in [0.15, 0.2) is 0 Å². The molecule has 0 aromatic heterocycles. The molecule has 25 heavy (non-hydrogen) atoms. The van der Waals surface area contributed by atoms with Gasteiger partial charge in [0, 0.05) is 31.5 Å². The maximum absolute atomic E-state index is 14.4. The van der Waals surface area contributed by atoms with Gasteiger partial charge in [0.05, 0.1) is 13.2 Å². The van der Waals surface area contributed by atoms with Crippen LogP contribution in [0, 0.1) is 23.2 Å². The lowest BCUT2D eigenvalue weighted by Crippen LogP contribution is -2.43. The molecule has 0 aromatic carbocycles. The van der Waals surface area contributed by atoms with Crippen molar-refractivity contribution in [2.24, 2.45) is 23.2 Å². The molecular weight excluding hydrogens is 322 g/mol. The molecule has 150 valence electrons. The van der Waals surface area contributed by atoms with Gasteiger partial charge in [-0.2, -0.15) is 0 Å². The fourth-order valence-corrected chi connectivity index (χ4v) is 4.24. The highest BCUT2D eigenvalue weighted by atomic mass is 19.3. The molecule has 0 bridgehead atoms. The average molecular weight is 363 g/mol. The predicted octanol–water partition coefficient (Wildman–Crippen LogP) is 6.33. The van der Waals surface area contributed by atoms with Crippen LogP contribution in [0.25, 0.3) is 0 Å². The maximum atomic E-state index is 14.4. The summed E-state index contributed by atoms with van der Waals surface area (Å²) in [5, 5.41) is 0. The van der Waals surface area contributed by atoms with E-state index in [9.17, 15) is 8.78 Å². The van der Waals surface area contributed by atoms with Gasteiger partial charge >= 0.3 is 0 Å². The van der Waals surface area contributed by atoms with Gasteiger partial charge in [-0.3, -0.25) is 0 Å². The van der Waals surface area contributed by atoms with Gasteiger partial charge in [-0.1, -0.05) is 33.6 Å². The Bertz CT molecular complexity index is 342. The van der Waals surface area contributed by atoms with Crippen LogP contribution < -0.4 is 0 Å². The Morgan fingerprint density at radius 1 is 0.920 bits per heavy atom. The lowest BCUT2D eigenvalue weighted by Gasteiger charge is -2.44. The molecule has 0 atom stereocenters. The monoisotopic (exact) mass is 362 g/mol. The highest BCUT2D eigenvalue weighted by molar-refractivity contribution is 4.91. The molecule has 2 nitrogen and oxygen atoms in total. The quantitative estimate of drug-likeness (QED) is 0.403. The molecule has 0 spiro atoms. The molecule has 1 fully saturated rings. The van der Waals surface area contributed by atoms with Gasteiger partial charge in [0.25, 0.3) is 0 Å². The van der Waals surface area contributed by atoms with E-state index in [1.165, 1.54) is 12.8 Å². The Morgan fingerprint density at radius 2 is 1.44 bits per heavy atom. The van der Waals surface area contributed by atoms with Gasteiger partial charge in [-0.15, -0.1) is 0 Å². The lowest BCUT2D eigenvalue weighted by atomic mass is 9.65. The molecule has 0 amide bonds. The molecule has 0 radical (unpaired) electrons. The fourth-order valence-electron chi connectivity index (χ4n) is 4.24. The summed E-state index contributed by atoms with van der Waals surface area (Å²) in [6, 6.07) is 0. The summed E-state index contributed by atoms with van der Waals surface area (Å²) in [6.45, 7) is 12.3. The Balaban J connectivity index is 2.89. The van der Waals surface area contributed by atoms with Gasteiger partial charge in [-0.25, -0.2) is 8.78 Å². The second kappa shape index (κ2) is 10.8. The molecule has 1 saturated carbocycles. The van der Waals surface area contributed by atoms with Gasteiger partial charge < -0.3 is 9.47 Å². The predicted molar refractivity (Wildman–Crippen MR) is 100 cm³/mol. The zero-order valence-electron chi connectivity index (χ0n) is 17.1. The molecule has 0 N–H and O–H groups in total. The summed E-state index contributed by atoms with van der Waals surface area (Å²) in [6.07, 6.45) is 4.99. The van der Waals surface area contributed by atoms with E-state index in [-0.39, 0.29) is 24.2 Å². The van der Waals surface area contributed by atoms with Crippen molar-refractivity contribution in [1.82, 2.24) is 0 Å². The standard InChI is InChI=1S/C21H40F2O2/c1-6-24-15-20(16-25-7-2,19-10-8-18(5)9-11-19)12-13-21(22,23)14-17(3)4/h17-19H,6-16H2,1-5H3. The summed E-state index contributed by atoms with van der Waals surface area (Å²) >= 11 is 0. The topological polar surface area (TPSA) is 18.5 Å². The number of alkyl halides is 2. The van der Waals surface area contributed by atoms with Crippen LogP contribution in [0.5, 0.6) is 0 Å². The molecule has 0 heterocycles. The maximum Gasteiger partial charge on any atom is 0.248 e. The van der Waals surface area contributed by atoms with E-state index < -0.39 is 5.92 Å². The van der Waals surface area contributed by atoms with Crippen LogP contribution >= 0.6 is 0 Å². The number of hydrogen-bond donors (Lipinski definition) is 0. The zero-order chi connectivity index (χ0) is 18.9. The normalized spacial score (nSPS) is 22.6. The minimum absolute atomic E-state index is 0.0127. The average Bonchev–Trinajstić information content (AvgIpc) is 2.54. The van der Waals surface area contributed by atoms with Crippen LogP contribution in [0.1, 0.15) is 79.6 Å². The summed E-state index contributed by atoms with van der Waals surface area (Å²) in [4.78, 5) is 0. The number of rotatable bonds is 12. The van der Waals surface area contributed by atoms with E-state index in [1.807, 2.05) is 27.7 Å². The Hall–Kier alpha value is -0.220. The van der Waals surface area contributed by atoms with E-state index in [2.05, 4.69) is 6.92 Å². The van der Waals surface area contributed by atoms with Crippen molar-refractivity contribution in [3.8, 4) is 0 Å². The molecule has 4 heteroatoms. The van der Waals surface area contributed by atoms with Crippen molar-refractivity contribution in [2.45, 2.75) is 85.5 Å². The van der Waals surface area contributed by atoms with E-state index in [1.54, 1.807) is 0 Å². The summed E-state index contributed by atoms with van der Waals surface area (Å²) in [5.74, 6) is -1.41. The summed E-state index contributed by atoms with van der Waals surface area (Å²) in [7, 11) is 0. The van der Waals surface area contributed by atoms with Crippen molar-refractivity contribution in [2.75, 3.05) is 26.4 Å². The molecule has 0 unspecified atom stereocenters. The van der Waals surface area contributed by atoms with E-state index in [0.29, 0.717) is 38.8 Å². The van der Waals surface area contributed by atoms with Crippen molar-refractivity contribution >= 4 is 0 Å². The Labute approximate surface area is 154 Å². The van der Waals surface area contributed by atoms with Crippen LogP contribution in [-0.4, -0.2) is 32.4 Å². The third-order valence-corrected chi connectivity index (χ3v) is 5.76. The van der Waals surface area contributed by atoms with E-state index in [0.717, 1.165) is 18.8 Å². The third kappa shape index (κ3) is 7.90. The molecule has 0 aromatic rings. The molecule has 0 aliphatic heterocycles. The molecule has 1 aliphatic rings. The Morgan fingerprint density at radius 3 is 1.88 bits per heavy atom. The molecule has 1 aliphatic carbocycles. The van der Waals surface area contributed by atoms with Crippen LogP contribution in [0.2, 0.25) is 0 Å².